The molecule has 0 aliphatic carbocycles. The zero-order chi connectivity index (χ0) is 23.8. The number of nitrogens with one attached hydrogen (secondary N) is 1. The number of aromatic nitrogens is 2. The summed E-state index contributed by atoms with van der Waals surface area (Å²) in [5, 5.41) is 15.8. The second-order valence-corrected chi connectivity index (χ2v) is 7.69. The van der Waals surface area contributed by atoms with Crippen molar-refractivity contribution in [2.45, 2.75) is 18.1 Å². The molecule has 1 N–H and O–H groups in total. The average molecular weight is 453 g/mol. The van der Waals surface area contributed by atoms with Gasteiger partial charge in [-0.05, 0) is 29.8 Å². The van der Waals surface area contributed by atoms with Crippen LogP contribution >= 0.6 is 0 Å². The van der Waals surface area contributed by atoms with Crippen LogP contribution < -0.4 is 5.32 Å². The molecule has 10 heteroatoms. The van der Waals surface area contributed by atoms with Gasteiger partial charge in [-0.25, -0.2) is 0 Å². The number of hydrogen-bond acceptors (Lipinski definition) is 4. The van der Waals surface area contributed by atoms with Crippen LogP contribution in [-0.4, -0.2) is 39.2 Å². The first-order valence-corrected chi connectivity index (χ1v) is 9.94. The summed E-state index contributed by atoms with van der Waals surface area (Å²) in [5.74, 6) is -2.56. The van der Waals surface area contributed by atoms with E-state index in [4.69, 9.17) is 5.26 Å². The van der Waals surface area contributed by atoms with E-state index in [0.717, 1.165) is 0 Å². The van der Waals surface area contributed by atoms with Gasteiger partial charge in [-0.1, -0.05) is 24.3 Å². The first-order chi connectivity index (χ1) is 15.7. The number of carbonyl (C=O) groups excluding carboxylic acids is 2. The lowest BCUT2D eigenvalue weighted by Crippen LogP contribution is -2.49. The minimum absolute atomic E-state index is 0.0350. The highest BCUT2D eigenvalue weighted by Gasteiger charge is 2.48. The Balaban J connectivity index is 1.84. The number of benzene rings is 2. The SMILES string of the molecule is Cn1cc([C@H]2[C@H](C(=O)Nc3cccc(C#N)c3)c3ccccc3C(=O)N2CC(F)(F)F)cn1. The largest absolute Gasteiger partial charge is 0.406 e. The van der Waals surface area contributed by atoms with Crippen molar-refractivity contribution in [1.82, 2.24) is 14.7 Å². The Labute approximate surface area is 187 Å². The Kier molecular flexibility index (Phi) is 5.64. The van der Waals surface area contributed by atoms with E-state index >= 15 is 0 Å². The van der Waals surface area contributed by atoms with Gasteiger partial charge in [0.25, 0.3) is 5.91 Å². The fourth-order valence-electron chi connectivity index (χ4n) is 4.09. The molecule has 1 aliphatic rings. The predicted octanol–water partition coefficient (Wildman–Crippen LogP) is 3.77. The number of hydrogen-bond donors (Lipinski definition) is 1. The maximum Gasteiger partial charge on any atom is 0.406 e. The number of nitriles is 1. The maximum atomic E-state index is 13.5. The van der Waals surface area contributed by atoms with E-state index in [2.05, 4.69) is 10.4 Å². The molecule has 0 radical (unpaired) electrons. The molecule has 0 saturated heterocycles. The van der Waals surface area contributed by atoms with Crippen molar-refractivity contribution in [3.05, 3.63) is 83.2 Å². The molecule has 1 aromatic heterocycles. The van der Waals surface area contributed by atoms with Crippen molar-refractivity contribution in [3.63, 3.8) is 0 Å². The Morgan fingerprint density at radius 3 is 2.64 bits per heavy atom. The van der Waals surface area contributed by atoms with E-state index in [-0.39, 0.29) is 5.56 Å². The summed E-state index contributed by atoms with van der Waals surface area (Å²) in [6.07, 6.45) is -1.83. The summed E-state index contributed by atoms with van der Waals surface area (Å²) < 4.78 is 41.9. The lowest BCUT2D eigenvalue weighted by Gasteiger charge is -2.41. The number of nitrogens with zero attached hydrogens (tertiary/aromatic N) is 4. The van der Waals surface area contributed by atoms with Crippen molar-refractivity contribution in [2.75, 3.05) is 11.9 Å². The van der Waals surface area contributed by atoms with Crippen LogP contribution in [0.2, 0.25) is 0 Å². The molecule has 7 nitrogen and oxygen atoms in total. The van der Waals surface area contributed by atoms with Gasteiger partial charge in [0, 0.05) is 30.1 Å². The molecule has 0 bridgehead atoms. The summed E-state index contributed by atoms with van der Waals surface area (Å²) in [7, 11) is 1.60. The Hall–Kier alpha value is -4.13. The van der Waals surface area contributed by atoms with Gasteiger partial charge in [-0.2, -0.15) is 23.5 Å². The molecule has 0 fully saturated rings. The molecule has 2 heterocycles. The van der Waals surface area contributed by atoms with Crippen molar-refractivity contribution < 1.29 is 22.8 Å². The second-order valence-electron chi connectivity index (χ2n) is 7.69. The third kappa shape index (κ3) is 4.43. The minimum atomic E-state index is -4.68. The van der Waals surface area contributed by atoms with E-state index in [1.165, 1.54) is 35.3 Å². The molecule has 33 heavy (non-hydrogen) atoms. The molecule has 3 aromatic rings. The third-order valence-corrected chi connectivity index (χ3v) is 5.40. The van der Waals surface area contributed by atoms with Crippen LogP contribution in [0.3, 0.4) is 0 Å². The van der Waals surface area contributed by atoms with E-state index in [1.54, 1.807) is 37.4 Å². The minimum Gasteiger partial charge on any atom is -0.325 e. The van der Waals surface area contributed by atoms with Gasteiger partial charge < -0.3 is 10.2 Å². The number of fused-ring (bicyclic) bond motifs is 1. The number of amides is 2. The zero-order valence-corrected chi connectivity index (χ0v) is 17.4. The van der Waals surface area contributed by atoms with Crippen LogP contribution in [0.5, 0.6) is 0 Å². The van der Waals surface area contributed by atoms with Crippen LogP contribution in [-0.2, 0) is 11.8 Å². The molecule has 2 atom stereocenters. The molecular formula is C23H18F3N5O2. The summed E-state index contributed by atoms with van der Waals surface area (Å²) in [4.78, 5) is 27.3. The Morgan fingerprint density at radius 1 is 1.21 bits per heavy atom. The van der Waals surface area contributed by atoms with Crippen LogP contribution in [0, 0.1) is 11.3 Å². The molecule has 2 aromatic carbocycles. The topological polar surface area (TPSA) is 91.0 Å². The van der Waals surface area contributed by atoms with E-state index in [0.29, 0.717) is 27.3 Å². The lowest BCUT2D eigenvalue weighted by atomic mass is 9.79. The van der Waals surface area contributed by atoms with Crippen molar-refractivity contribution >= 4 is 17.5 Å². The molecule has 1 aliphatic heterocycles. The number of aryl methyl sites for hydroxylation is 1. The highest BCUT2D eigenvalue weighted by atomic mass is 19.4. The molecule has 0 unspecified atom stereocenters. The first kappa shape index (κ1) is 22.1. The number of halogens is 3. The number of anilines is 1. The summed E-state index contributed by atoms with van der Waals surface area (Å²) in [5.41, 5.74) is 1.29. The summed E-state index contributed by atoms with van der Waals surface area (Å²) in [6.45, 7) is -1.52. The molecule has 0 spiro atoms. The second kappa shape index (κ2) is 8.43. The van der Waals surface area contributed by atoms with Crippen LogP contribution in [0.25, 0.3) is 0 Å². The van der Waals surface area contributed by atoms with E-state index in [1.807, 2.05) is 6.07 Å². The third-order valence-electron chi connectivity index (χ3n) is 5.40. The lowest BCUT2D eigenvalue weighted by molar-refractivity contribution is -0.148. The summed E-state index contributed by atoms with van der Waals surface area (Å²) in [6, 6.07) is 13.1. The van der Waals surface area contributed by atoms with Crippen LogP contribution in [0.1, 0.15) is 39.0 Å². The van der Waals surface area contributed by atoms with Gasteiger partial charge >= 0.3 is 6.18 Å². The van der Waals surface area contributed by atoms with Crippen LogP contribution in [0.15, 0.2) is 60.9 Å². The maximum absolute atomic E-state index is 13.5. The molecule has 168 valence electrons. The predicted molar refractivity (Wildman–Crippen MR) is 112 cm³/mol. The summed E-state index contributed by atoms with van der Waals surface area (Å²) >= 11 is 0. The normalized spacial score (nSPS) is 17.9. The van der Waals surface area contributed by atoms with Gasteiger partial charge in [0.1, 0.15) is 6.54 Å². The fraction of sp³-hybridized carbons (Fsp3) is 0.217. The van der Waals surface area contributed by atoms with E-state index < -0.39 is 36.5 Å². The van der Waals surface area contributed by atoms with Gasteiger partial charge in [0.05, 0.1) is 29.8 Å². The zero-order valence-electron chi connectivity index (χ0n) is 17.4. The molecular weight excluding hydrogens is 435 g/mol. The Bertz CT molecular complexity index is 1260. The van der Waals surface area contributed by atoms with Gasteiger partial charge in [0.15, 0.2) is 0 Å². The van der Waals surface area contributed by atoms with Gasteiger partial charge in [-0.3, -0.25) is 14.3 Å². The fourth-order valence-corrected chi connectivity index (χ4v) is 4.09. The monoisotopic (exact) mass is 453 g/mol. The smallest absolute Gasteiger partial charge is 0.325 e. The molecule has 4 rings (SSSR count). The van der Waals surface area contributed by atoms with Gasteiger partial charge in [-0.15, -0.1) is 0 Å². The quantitative estimate of drug-likeness (QED) is 0.651. The number of rotatable bonds is 4. The average Bonchev–Trinajstić information content (AvgIpc) is 3.20. The standard InChI is InChI=1S/C23H18F3N5O2/c1-30-12-15(11-28-30)20-19(21(32)29-16-6-4-5-14(9-16)10-27)17-7-2-3-8-18(17)22(33)31(20)13-23(24,25)26/h2-9,11-12,19-20H,13H2,1H3,(H,29,32)/t19-,20+/m1/s1. The Morgan fingerprint density at radius 2 is 1.97 bits per heavy atom. The van der Waals surface area contributed by atoms with Gasteiger partial charge in [0.2, 0.25) is 5.91 Å². The highest BCUT2D eigenvalue weighted by molar-refractivity contribution is 6.04. The first-order valence-electron chi connectivity index (χ1n) is 9.94. The van der Waals surface area contributed by atoms with Crippen molar-refractivity contribution in [3.8, 4) is 6.07 Å². The molecule has 0 saturated carbocycles. The van der Waals surface area contributed by atoms with Crippen molar-refractivity contribution in [1.29, 1.82) is 5.26 Å². The van der Waals surface area contributed by atoms with E-state index in [9.17, 15) is 22.8 Å². The van der Waals surface area contributed by atoms with Crippen molar-refractivity contribution in [2.24, 2.45) is 7.05 Å². The number of carbonyl (C=O) groups is 2. The number of alkyl halides is 3. The highest BCUT2D eigenvalue weighted by Crippen LogP contribution is 2.44. The van der Waals surface area contributed by atoms with Crippen LogP contribution in [0.4, 0.5) is 18.9 Å². The molecule has 2 amide bonds.